The van der Waals surface area contributed by atoms with Crippen molar-refractivity contribution in [2.75, 3.05) is 18.5 Å². The molecule has 0 fully saturated rings. The van der Waals surface area contributed by atoms with Gasteiger partial charge in [-0.25, -0.2) is 0 Å². The van der Waals surface area contributed by atoms with Crippen LogP contribution in [0, 0.1) is 6.92 Å². The van der Waals surface area contributed by atoms with E-state index < -0.39 is 0 Å². The lowest BCUT2D eigenvalue weighted by atomic mass is 10.2. The first-order chi connectivity index (χ1) is 6.86. The number of rotatable bonds is 0. The minimum absolute atomic E-state index is 0.822. The Morgan fingerprint density at radius 1 is 1.29 bits per heavy atom. The van der Waals surface area contributed by atoms with Crippen molar-refractivity contribution in [3.05, 3.63) is 23.8 Å². The second-order valence-electron chi connectivity index (χ2n) is 3.13. The van der Waals surface area contributed by atoms with Gasteiger partial charge in [0, 0.05) is 6.54 Å². The molecule has 1 aromatic rings. The average Bonchev–Trinajstić information content (AvgIpc) is 2.45. The van der Waals surface area contributed by atoms with Crippen molar-refractivity contribution in [2.24, 2.45) is 0 Å². The molecular weight excluding hydrogens is 174 g/mol. The number of hydrogen-bond acceptors (Lipinski definition) is 2. The zero-order valence-electron chi connectivity index (χ0n) is 9.26. The number of nitrogens with one attached hydrogen (secondary N) is 1. The predicted octanol–water partition coefficient (Wildman–Crippen LogP) is 3.22. The molecule has 2 rings (SSSR count). The highest BCUT2D eigenvalue weighted by Crippen LogP contribution is 2.27. The molecule has 0 aromatic heterocycles. The summed E-state index contributed by atoms with van der Waals surface area (Å²) in [6, 6.07) is 6.23. The molecule has 0 bridgehead atoms. The summed E-state index contributed by atoms with van der Waals surface area (Å²) in [4.78, 5) is 0. The first kappa shape index (κ1) is 10.9. The molecular formula is C12H19NO. The highest BCUT2D eigenvalue weighted by Gasteiger charge is 2.06. The molecule has 2 heteroatoms. The van der Waals surface area contributed by atoms with Crippen molar-refractivity contribution >= 4 is 5.69 Å². The van der Waals surface area contributed by atoms with E-state index in [0.29, 0.717) is 0 Å². The van der Waals surface area contributed by atoms with Gasteiger partial charge in [0.15, 0.2) is 0 Å². The molecule has 1 N–H and O–H groups in total. The van der Waals surface area contributed by atoms with Crippen LogP contribution in [0.5, 0.6) is 5.75 Å². The Morgan fingerprint density at radius 3 is 2.86 bits per heavy atom. The second kappa shape index (κ2) is 5.53. The van der Waals surface area contributed by atoms with Gasteiger partial charge in [0.1, 0.15) is 5.75 Å². The standard InChI is InChI=1S/C10H13NO.C2H6/c1-8-3-4-10-9(7-8)11-5-2-6-12-10;1-2/h3-4,7,11H,2,5-6H2,1H3;1-2H3. The number of aryl methyl sites for hydroxylation is 1. The minimum Gasteiger partial charge on any atom is -0.491 e. The summed E-state index contributed by atoms with van der Waals surface area (Å²) in [5.74, 6) is 0.984. The molecule has 0 amide bonds. The van der Waals surface area contributed by atoms with Crippen molar-refractivity contribution in [3.8, 4) is 5.75 Å². The highest BCUT2D eigenvalue weighted by molar-refractivity contribution is 5.58. The van der Waals surface area contributed by atoms with Crippen LogP contribution in [0.25, 0.3) is 0 Å². The van der Waals surface area contributed by atoms with Gasteiger partial charge in [-0.2, -0.15) is 0 Å². The lowest BCUT2D eigenvalue weighted by molar-refractivity contribution is 0.323. The van der Waals surface area contributed by atoms with Gasteiger partial charge in [-0.05, 0) is 31.0 Å². The van der Waals surface area contributed by atoms with Gasteiger partial charge in [-0.3, -0.25) is 0 Å². The molecule has 0 aliphatic carbocycles. The zero-order chi connectivity index (χ0) is 10.4. The van der Waals surface area contributed by atoms with Gasteiger partial charge in [0.05, 0.1) is 12.3 Å². The van der Waals surface area contributed by atoms with Crippen LogP contribution < -0.4 is 10.1 Å². The van der Waals surface area contributed by atoms with Gasteiger partial charge in [-0.1, -0.05) is 19.9 Å². The lowest BCUT2D eigenvalue weighted by Gasteiger charge is -2.07. The number of benzene rings is 1. The molecule has 1 aliphatic rings. The van der Waals surface area contributed by atoms with Crippen LogP contribution in [-0.2, 0) is 0 Å². The smallest absolute Gasteiger partial charge is 0.142 e. The molecule has 0 saturated heterocycles. The van der Waals surface area contributed by atoms with Crippen LogP contribution in [0.3, 0.4) is 0 Å². The third-order valence-electron chi connectivity index (χ3n) is 2.03. The summed E-state index contributed by atoms with van der Waals surface area (Å²) >= 11 is 0. The summed E-state index contributed by atoms with van der Waals surface area (Å²) < 4.78 is 5.54. The van der Waals surface area contributed by atoms with Crippen LogP contribution in [-0.4, -0.2) is 13.2 Å². The molecule has 0 radical (unpaired) electrons. The quantitative estimate of drug-likeness (QED) is 0.683. The Balaban J connectivity index is 0.000000461. The van der Waals surface area contributed by atoms with Crippen molar-refractivity contribution in [1.29, 1.82) is 0 Å². The lowest BCUT2D eigenvalue weighted by Crippen LogP contribution is -2.00. The first-order valence-electron chi connectivity index (χ1n) is 5.33. The maximum Gasteiger partial charge on any atom is 0.142 e. The molecule has 78 valence electrons. The van der Waals surface area contributed by atoms with Gasteiger partial charge in [-0.15, -0.1) is 0 Å². The number of hydrogen-bond donors (Lipinski definition) is 1. The highest BCUT2D eigenvalue weighted by atomic mass is 16.5. The SMILES string of the molecule is CC.Cc1ccc2c(c1)NCCCO2. The van der Waals surface area contributed by atoms with Crippen molar-refractivity contribution < 1.29 is 4.74 Å². The molecule has 0 spiro atoms. The zero-order valence-corrected chi connectivity index (χ0v) is 9.26. The Kier molecular flexibility index (Phi) is 4.30. The van der Waals surface area contributed by atoms with E-state index in [9.17, 15) is 0 Å². The molecule has 14 heavy (non-hydrogen) atoms. The number of ether oxygens (including phenoxy) is 1. The Labute approximate surface area is 86.3 Å². The van der Waals surface area contributed by atoms with Crippen molar-refractivity contribution in [3.63, 3.8) is 0 Å². The Bertz CT molecular complexity index is 284. The van der Waals surface area contributed by atoms with E-state index in [-0.39, 0.29) is 0 Å². The third-order valence-corrected chi connectivity index (χ3v) is 2.03. The number of anilines is 1. The molecule has 1 heterocycles. The second-order valence-corrected chi connectivity index (χ2v) is 3.13. The summed E-state index contributed by atoms with van der Waals surface area (Å²) in [5, 5.41) is 3.34. The first-order valence-corrected chi connectivity index (χ1v) is 5.33. The topological polar surface area (TPSA) is 21.3 Å². The fraction of sp³-hybridized carbons (Fsp3) is 0.500. The van der Waals surface area contributed by atoms with Crippen LogP contribution in [0.2, 0.25) is 0 Å². The molecule has 1 aromatic carbocycles. The molecule has 2 nitrogen and oxygen atoms in total. The van der Waals surface area contributed by atoms with E-state index in [4.69, 9.17) is 4.74 Å². The molecule has 0 saturated carbocycles. The summed E-state index contributed by atoms with van der Waals surface area (Å²) in [5.41, 5.74) is 2.40. The predicted molar refractivity (Wildman–Crippen MR) is 61.1 cm³/mol. The van der Waals surface area contributed by atoms with Crippen LogP contribution >= 0.6 is 0 Å². The average molecular weight is 193 g/mol. The van der Waals surface area contributed by atoms with Gasteiger partial charge >= 0.3 is 0 Å². The van der Waals surface area contributed by atoms with Crippen molar-refractivity contribution in [1.82, 2.24) is 0 Å². The van der Waals surface area contributed by atoms with Gasteiger partial charge in [0.25, 0.3) is 0 Å². The van der Waals surface area contributed by atoms with E-state index in [1.165, 1.54) is 5.56 Å². The van der Waals surface area contributed by atoms with E-state index >= 15 is 0 Å². The maximum absolute atomic E-state index is 5.54. The fourth-order valence-corrected chi connectivity index (χ4v) is 1.39. The third kappa shape index (κ3) is 2.66. The van der Waals surface area contributed by atoms with E-state index in [2.05, 4.69) is 24.4 Å². The van der Waals surface area contributed by atoms with Crippen molar-refractivity contribution in [2.45, 2.75) is 27.2 Å². The monoisotopic (exact) mass is 193 g/mol. The summed E-state index contributed by atoms with van der Waals surface area (Å²) in [7, 11) is 0. The molecule has 0 unspecified atom stereocenters. The number of fused-ring (bicyclic) bond motifs is 1. The Morgan fingerprint density at radius 2 is 2.07 bits per heavy atom. The Hall–Kier alpha value is -1.18. The van der Waals surface area contributed by atoms with Gasteiger partial charge < -0.3 is 10.1 Å². The van der Waals surface area contributed by atoms with Gasteiger partial charge in [0.2, 0.25) is 0 Å². The fourth-order valence-electron chi connectivity index (χ4n) is 1.39. The van der Waals surface area contributed by atoms with E-state index in [0.717, 1.165) is 31.0 Å². The largest absolute Gasteiger partial charge is 0.491 e. The normalized spacial score (nSPS) is 13.6. The van der Waals surface area contributed by atoms with Crippen LogP contribution in [0.15, 0.2) is 18.2 Å². The molecule has 1 aliphatic heterocycles. The van der Waals surface area contributed by atoms with E-state index in [1.54, 1.807) is 0 Å². The van der Waals surface area contributed by atoms with E-state index in [1.807, 2.05) is 19.9 Å². The minimum atomic E-state index is 0.822. The summed E-state index contributed by atoms with van der Waals surface area (Å²) in [6.45, 7) is 7.92. The van der Waals surface area contributed by atoms with Crippen LogP contribution in [0.4, 0.5) is 5.69 Å². The van der Waals surface area contributed by atoms with Crippen LogP contribution in [0.1, 0.15) is 25.8 Å². The molecule has 0 atom stereocenters. The maximum atomic E-state index is 5.54. The summed E-state index contributed by atoms with van der Waals surface area (Å²) in [6.07, 6.45) is 1.08.